The van der Waals surface area contributed by atoms with Crippen LogP contribution in [0.4, 0.5) is 10.5 Å². The van der Waals surface area contributed by atoms with E-state index in [-0.39, 0.29) is 17.9 Å². The van der Waals surface area contributed by atoms with E-state index in [0.29, 0.717) is 0 Å². The number of para-hydroxylation sites is 1. The van der Waals surface area contributed by atoms with E-state index in [1.807, 2.05) is 0 Å². The Morgan fingerprint density at radius 1 is 1.38 bits per heavy atom. The zero-order valence-corrected chi connectivity index (χ0v) is 9.28. The summed E-state index contributed by atoms with van der Waals surface area (Å²) in [5.41, 5.74) is 0.442. The van der Waals surface area contributed by atoms with E-state index in [9.17, 15) is 9.59 Å². The average molecular weight is 244 g/mol. The summed E-state index contributed by atoms with van der Waals surface area (Å²) in [6, 6.07) is 6.30. The molecule has 0 aliphatic heterocycles. The van der Waals surface area contributed by atoms with Gasteiger partial charge in [-0.05, 0) is 19.1 Å². The molecule has 0 saturated heterocycles. The topological polar surface area (TPSA) is 64.6 Å². The number of carbonyl (C=O) groups is 2. The fraction of sp³-hybridized carbons (Fsp3) is 0.200. The number of carbonyl (C=O) groups excluding carboxylic acids is 2. The SMILES string of the molecule is CCOC(=O)Nc1ccccc1C(=O)OCl. The Labute approximate surface area is 97.5 Å². The lowest BCUT2D eigenvalue weighted by Gasteiger charge is -2.08. The van der Waals surface area contributed by atoms with E-state index in [1.165, 1.54) is 6.07 Å². The Morgan fingerprint density at radius 3 is 2.69 bits per heavy atom. The summed E-state index contributed by atoms with van der Waals surface area (Å²) in [6.45, 7) is 1.92. The number of hydrogen-bond donors (Lipinski definition) is 1. The van der Waals surface area contributed by atoms with Crippen molar-refractivity contribution in [2.24, 2.45) is 0 Å². The highest BCUT2D eigenvalue weighted by molar-refractivity contribution is 6.17. The molecule has 1 aromatic rings. The third kappa shape index (κ3) is 3.13. The Balaban J connectivity index is 2.87. The van der Waals surface area contributed by atoms with Gasteiger partial charge < -0.3 is 9.03 Å². The molecule has 0 unspecified atom stereocenters. The second-order valence-electron chi connectivity index (χ2n) is 2.76. The third-order valence-electron chi connectivity index (χ3n) is 1.73. The predicted molar refractivity (Wildman–Crippen MR) is 58.4 cm³/mol. The van der Waals surface area contributed by atoms with Crippen molar-refractivity contribution in [3.05, 3.63) is 29.8 Å². The molecule has 1 rings (SSSR count). The monoisotopic (exact) mass is 243 g/mol. The van der Waals surface area contributed by atoms with Crippen LogP contribution >= 0.6 is 11.9 Å². The van der Waals surface area contributed by atoms with Crippen LogP contribution in [0.5, 0.6) is 0 Å². The van der Waals surface area contributed by atoms with E-state index in [1.54, 1.807) is 25.1 Å². The normalized spacial score (nSPS) is 9.38. The van der Waals surface area contributed by atoms with Gasteiger partial charge in [-0.1, -0.05) is 12.1 Å². The first-order valence-corrected chi connectivity index (χ1v) is 4.85. The summed E-state index contributed by atoms with van der Waals surface area (Å²) in [7, 11) is 0. The summed E-state index contributed by atoms with van der Waals surface area (Å²) in [5, 5.41) is 2.41. The molecule has 0 aromatic heterocycles. The Kier molecular flexibility index (Phi) is 4.60. The molecule has 0 saturated carbocycles. The molecule has 1 N–H and O–H groups in total. The quantitative estimate of drug-likeness (QED) is 0.886. The van der Waals surface area contributed by atoms with Crippen molar-refractivity contribution >= 4 is 29.6 Å². The lowest BCUT2D eigenvalue weighted by Crippen LogP contribution is -2.15. The van der Waals surface area contributed by atoms with Crippen molar-refractivity contribution in [1.82, 2.24) is 0 Å². The van der Waals surface area contributed by atoms with Crippen molar-refractivity contribution < 1.29 is 18.6 Å². The molecule has 86 valence electrons. The highest BCUT2D eigenvalue weighted by Crippen LogP contribution is 2.16. The molecule has 0 heterocycles. The van der Waals surface area contributed by atoms with Gasteiger partial charge >= 0.3 is 12.1 Å². The van der Waals surface area contributed by atoms with Gasteiger partial charge in [0, 0.05) is 0 Å². The zero-order chi connectivity index (χ0) is 12.0. The highest BCUT2D eigenvalue weighted by Gasteiger charge is 2.14. The Morgan fingerprint density at radius 2 is 2.06 bits per heavy atom. The molecule has 0 radical (unpaired) electrons. The number of rotatable bonds is 3. The van der Waals surface area contributed by atoms with Gasteiger partial charge in [-0.2, -0.15) is 0 Å². The molecule has 5 nitrogen and oxygen atoms in total. The molecular weight excluding hydrogens is 234 g/mol. The number of amides is 1. The summed E-state index contributed by atoms with van der Waals surface area (Å²) < 4.78 is 8.74. The van der Waals surface area contributed by atoms with Crippen molar-refractivity contribution in [3.63, 3.8) is 0 Å². The van der Waals surface area contributed by atoms with E-state index in [0.717, 1.165) is 0 Å². The first-order valence-electron chi connectivity index (χ1n) is 4.54. The maximum atomic E-state index is 11.2. The smallest absolute Gasteiger partial charge is 0.411 e. The number of anilines is 1. The fourth-order valence-electron chi connectivity index (χ4n) is 1.09. The lowest BCUT2D eigenvalue weighted by atomic mass is 10.2. The molecule has 0 bridgehead atoms. The van der Waals surface area contributed by atoms with Gasteiger partial charge in [-0.15, -0.1) is 0 Å². The summed E-state index contributed by atoms with van der Waals surface area (Å²) >= 11 is 4.96. The van der Waals surface area contributed by atoms with Gasteiger partial charge in [0.25, 0.3) is 0 Å². The van der Waals surface area contributed by atoms with Gasteiger partial charge in [-0.25, -0.2) is 9.59 Å². The molecule has 0 aliphatic rings. The van der Waals surface area contributed by atoms with Gasteiger partial charge in [0.2, 0.25) is 0 Å². The summed E-state index contributed by atoms with van der Waals surface area (Å²) in [5.74, 6) is -0.742. The Hall–Kier alpha value is -1.75. The largest absolute Gasteiger partial charge is 0.450 e. The molecule has 1 aromatic carbocycles. The molecular formula is C10H10ClNO4. The van der Waals surface area contributed by atoms with Gasteiger partial charge in [0.1, 0.15) is 11.9 Å². The first-order chi connectivity index (χ1) is 7.69. The van der Waals surface area contributed by atoms with Crippen LogP contribution in [0.2, 0.25) is 0 Å². The van der Waals surface area contributed by atoms with E-state index in [2.05, 4.69) is 14.3 Å². The van der Waals surface area contributed by atoms with Crippen LogP contribution in [-0.2, 0) is 9.03 Å². The number of benzene rings is 1. The van der Waals surface area contributed by atoms with Crippen LogP contribution < -0.4 is 5.32 Å². The minimum atomic E-state index is -0.742. The number of halogens is 1. The maximum absolute atomic E-state index is 11.2. The van der Waals surface area contributed by atoms with Crippen molar-refractivity contribution in [1.29, 1.82) is 0 Å². The molecule has 1 amide bonds. The molecule has 0 atom stereocenters. The van der Waals surface area contributed by atoms with Crippen molar-refractivity contribution in [2.75, 3.05) is 11.9 Å². The summed E-state index contributed by atoms with van der Waals surface area (Å²) in [4.78, 5) is 22.4. The minimum Gasteiger partial charge on any atom is -0.450 e. The molecule has 0 aliphatic carbocycles. The average Bonchev–Trinajstić information content (AvgIpc) is 2.29. The van der Waals surface area contributed by atoms with Crippen LogP contribution in [0.3, 0.4) is 0 Å². The molecule has 16 heavy (non-hydrogen) atoms. The lowest BCUT2D eigenvalue weighted by molar-refractivity contribution is 0.0752. The summed E-state index contributed by atoms with van der Waals surface area (Å²) in [6.07, 6.45) is -0.641. The van der Waals surface area contributed by atoms with Crippen LogP contribution in [0, 0.1) is 0 Å². The first kappa shape index (κ1) is 12.3. The van der Waals surface area contributed by atoms with Gasteiger partial charge in [0.15, 0.2) is 0 Å². The Bertz CT molecular complexity index is 394. The highest BCUT2D eigenvalue weighted by atomic mass is 35.5. The van der Waals surface area contributed by atoms with E-state index < -0.39 is 12.1 Å². The third-order valence-corrected chi connectivity index (χ3v) is 1.87. The zero-order valence-electron chi connectivity index (χ0n) is 8.53. The van der Waals surface area contributed by atoms with Gasteiger partial charge in [-0.3, -0.25) is 5.32 Å². The molecule has 0 spiro atoms. The number of ether oxygens (including phenoxy) is 1. The number of hydrogen-bond acceptors (Lipinski definition) is 4. The van der Waals surface area contributed by atoms with Crippen molar-refractivity contribution in [2.45, 2.75) is 6.92 Å². The van der Waals surface area contributed by atoms with E-state index in [4.69, 9.17) is 11.9 Å². The van der Waals surface area contributed by atoms with Crippen LogP contribution in [-0.4, -0.2) is 18.7 Å². The van der Waals surface area contributed by atoms with E-state index >= 15 is 0 Å². The van der Waals surface area contributed by atoms with Crippen LogP contribution in [0.1, 0.15) is 17.3 Å². The van der Waals surface area contributed by atoms with Crippen LogP contribution in [0.25, 0.3) is 0 Å². The number of nitrogens with one attached hydrogen (secondary N) is 1. The second-order valence-corrected chi connectivity index (χ2v) is 2.91. The minimum absolute atomic E-state index is 0.158. The van der Waals surface area contributed by atoms with Crippen LogP contribution in [0.15, 0.2) is 24.3 Å². The second kappa shape index (κ2) is 5.97. The van der Waals surface area contributed by atoms with Crippen molar-refractivity contribution in [3.8, 4) is 0 Å². The molecule has 6 heteroatoms. The maximum Gasteiger partial charge on any atom is 0.411 e. The molecule has 0 fully saturated rings. The fourth-order valence-corrected chi connectivity index (χ4v) is 1.17. The predicted octanol–water partition coefficient (Wildman–Crippen LogP) is 2.57. The standard InChI is InChI=1S/C10H10ClNO4/c1-2-15-10(14)12-8-6-4-3-5-7(8)9(13)16-11/h3-6H,2H2,1H3,(H,12,14). The van der Waals surface area contributed by atoms with Gasteiger partial charge in [0.05, 0.1) is 17.9 Å².